The second-order valence-corrected chi connectivity index (χ2v) is 7.78. The molecule has 2 N–H and O–H groups in total. The Kier molecular flexibility index (Phi) is 6.18. The minimum atomic E-state index is -1.31. The minimum absolute atomic E-state index is 0.0789. The molecule has 164 valence electrons. The molecule has 0 aliphatic carbocycles. The molecule has 1 fully saturated rings. The van der Waals surface area contributed by atoms with E-state index in [1.54, 1.807) is 48.7 Å². The van der Waals surface area contributed by atoms with E-state index in [0.717, 1.165) is 16.7 Å². The molecule has 4 rings (SSSR count). The Labute approximate surface area is 186 Å². The lowest BCUT2D eigenvalue weighted by Gasteiger charge is -2.40. The molecular formula is C25H25N3O4. The molecule has 1 saturated heterocycles. The number of nitrogens with two attached hydrogens (primary N) is 1. The number of primary amides is 1. The lowest BCUT2D eigenvalue weighted by Crippen LogP contribution is -2.61. The molecule has 1 aliphatic heterocycles. The second-order valence-electron chi connectivity index (χ2n) is 7.78. The monoisotopic (exact) mass is 431 g/mol. The van der Waals surface area contributed by atoms with Crippen molar-refractivity contribution in [3.8, 4) is 16.9 Å². The van der Waals surface area contributed by atoms with Crippen molar-refractivity contribution in [2.24, 2.45) is 5.73 Å². The van der Waals surface area contributed by atoms with E-state index < -0.39 is 11.5 Å². The van der Waals surface area contributed by atoms with Gasteiger partial charge in [0.1, 0.15) is 5.75 Å². The first-order valence-electron chi connectivity index (χ1n) is 10.4. The third-order valence-electron chi connectivity index (χ3n) is 5.65. The maximum absolute atomic E-state index is 13.1. The number of aromatic nitrogens is 1. The first-order valence-corrected chi connectivity index (χ1v) is 10.4. The van der Waals surface area contributed by atoms with Crippen molar-refractivity contribution < 1.29 is 19.1 Å². The Balaban J connectivity index is 1.58. The molecule has 1 atom stereocenters. The molecule has 3 aromatic rings. The molecule has 2 heterocycles. The molecule has 0 bridgehead atoms. The number of rotatable bonds is 6. The molecular weight excluding hydrogens is 406 g/mol. The molecule has 2 aromatic carbocycles. The van der Waals surface area contributed by atoms with Crippen molar-refractivity contribution in [1.29, 1.82) is 0 Å². The van der Waals surface area contributed by atoms with Gasteiger partial charge in [0.05, 0.1) is 20.3 Å². The summed E-state index contributed by atoms with van der Waals surface area (Å²) in [6.45, 7) is 0.678. The fourth-order valence-corrected chi connectivity index (χ4v) is 3.96. The van der Waals surface area contributed by atoms with Crippen LogP contribution in [0.2, 0.25) is 0 Å². The molecule has 0 saturated carbocycles. The maximum Gasteiger partial charge on any atom is 0.254 e. The summed E-state index contributed by atoms with van der Waals surface area (Å²) < 4.78 is 11.2. The highest BCUT2D eigenvalue weighted by molar-refractivity contribution is 5.95. The number of pyridine rings is 1. The van der Waals surface area contributed by atoms with Crippen molar-refractivity contribution in [3.63, 3.8) is 0 Å². The fourth-order valence-electron chi connectivity index (χ4n) is 3.96. The number of hydrogen-bond donors (Lipinski definition) is 1. The van der Waals surface area contributed by atoms with Crippen LogP contribution in [0.1, 0.15) is 15.9 Å². The number of benzene rings is 2. The van der Waals surface area contributed by atoms with Crippen LogP contribution >= 0.6 is 0 Å². The Morgan fingerprint density at radius 3 is 2.69 bits per heavy atom. The third-order valence-corrected chi connectivity index (χ3v) is 5.65. The van der Waals surface area contributed by atoms with Crippen LogP contribution in [-0.4, -0.2) is 54.1 Å². The van der Waals surface area contributed by atoms with E-state index in [4.69, 9.17) is 15.2 Å². The lowest BCUT2D eigenvalue weighted by atomic mass is 9.90. The van der Waals surface area contributed by atoms with Gasteiger partial charge in [0.2, 0.25) is 0 Å². The summed E-state index contributed by atoms with van der Waals surface area (Å²) in [5, 5.41) is 0. The topological polar surface area (TPSA) is 94.8 Å². The number of amides is 2. The number of carbonyl (C=O) groups is 2. The second kappa shape index (κ2) is 9.20. The van der Waals surface area contributed by atoms with Crippen LogP contribution in [-0.2, 0) is 16.0 Å². The van der Waals surface area contributed by atoms with E-state index in [-0.39, 0.29) is 25.5 Å². The number of morpholine rings is 1. The summed E-state index contributed by atoms with van der Waals surface area (Å²) in [4.78, 5) is 31.5. The number of nitrogens with zero attached hydrogens (tertiary/aromatic N) is 2. The Morgan fingerprint density at radius 2 is 1.94 bits per heavy atom. The largest absolute Gasteiger partial charge is 0.497 e. The average Bonchev–Trinajstić information content (AvgIpc) is 2.84. The molecule has 32 heavy (non-hydrogen) atoms. The number of carbonyl (C=O) groups excluding carboxylic acids is 2. The van der Waals surface area contributed by atoms with Gasteiger partial charge in [-0.25, -0.2) is 0 Å². The Morgan fingerprint density at radius 1 is 1.12 bits per heavy atom. The van der Waals surface area contributed by atoms with Crippen molar-refractivity contribution in [2.45, 2.75) is 12.0 Å². The maximum atomic E-state index is 13.1. The first-order chi connectivity index (χ1) is 15.5. The molecule has 7 nitrogen and oxygen atoms in total. The summed E-state index contributed by atoms with van der Waals surface area (Å²) in [6.07, 6.45) is 3.77. The summed E-state index contributed by atoms with van der Waals surface area (Å²) >= 11 is 0. The first kappa shape index (κ1) is 21.5. The van der Waals surface area contributed by atoms with Gasteiger partial charge in [-0.1, -0.05) is 36.4 Å². The van der Waals surface area contributed by atoms with Gasteiger partial charge in [-0.2, -0.15) is 0 Å². The quantitative estimate of drug-likeness (QED) is 0.648. The summed E-state index contributed by atoms with van der Waals surface area (Å²) in [5.41, 5.74) is 7.84. The highest BCUT2D eigenvalue weighted by Gasteiger charge is 2.44. The van der Waals surface area contributed by atoms with Gasteiger partial charge >= 0.3 is 0 Å². The number of hydrogen-bond acceptors (Lipinski definition) is 5. The fraction of sp³-hybridized carbons (Fsp3) is 0.240. The molecule has 0 radical (unpaired) electrons. The van der Waals surface area contributed by atoms with E-state index in [1.807, 2.05) is 36.4 Å². The van der Waals surface area contributed by atoms with Gasteiger partial charge in [-0.05, 0) is 41.0 Å². The van der Waals surface area contributed by atoms with Gasteiger partial charge in [0.15, 0.2) is 5.60 Å². The van der Waals surface area contributed by atoms with Crippen molar-refractivity contribution >= 4 is 11.8 Å². The zero-order chi connectivity index (χ0) is 22.6. The average molecular weight is 431 g/mol. The zero-order valence-electron chi connectivity index (χ0n) is 17.9. The van der Waals surface area contributed by atoms with E-state index >= 15 is 0 Å². The van der Waals surface area contributed by atoms with Crippen LogP contribution in [0.25, 0.3) is 11.1 Å². The summed E-state index contributed by atoms with van der Waals surface area (Å²) in [7, 11) is 1.55. The lowest BCUT2D eigenvalue weighted by molar-refractivity contribution is -0.153. The summed E-state index contributed by atoms with van der Waals surface area (Å²) in [6, 6.07) is 18.6. The smallest absolute Gasteiger partial charge is 0.254 e. The molecule has 0 unspecified atom stereocenters. The summed E-state index contributed by atoms with van der Waals surface area (Å²) in [5.74, 6) is -0.188. The van der Waals surface area contributed by atoms with E-state index in [9.17, 15) is 9.59 Å². The predicted molar refractivity (Wildman–Crippen MR) is 120 cm³/mol. The van der Waals surface area contributed by atoms with Crippen LogP contribution < -0.4 is 10.5 Å². The standard InChI is InChI=1S/C25H25N3O4/c1-31-22-9-3-7-20(14-22)23(29)28-11-12-32-25(17-28,24(26)30)15-18-5-2-6-19(13-18)21-8-4-10-27-16-21/h2-10,13-14,16H,11-12,15,17H2,1H3,(H2,26,30)/t25-/m0/s1. The molecule has 1 aliphatic rings. The highest BCUT2D eigenvalue weighted by atomic mass is 16.5. The van der Waals surface area contributed by atoms with Crippen molar-refractivity contribution in [2.75, 3.05) is 26.8 Å². The molecule has 1 aromatic heterocycles. The Bertz CT molecular complexity index is 1120. The van der Waals surface area contributed by atoms with Crippen LogP contribution in [0.3, 0.4) is 0 Å². The van der Waals surface area contributed by atoms with Gasteiger partial charge in [0.25, 0.3) is 11.8 Å². The van der Waals surface area contributed by atoms with E-state index in [1.165, 1.54) is 0 Å². The molecule has 7 heteroatoms. The number of methoxy groups -OCH3 is 1. The molecule has 0 spiro atoms. The van der Waals surface area contributed by atoms with Crippen LogP contribution in [0.4, 0.5) is 0 Å². The molecule has 2 amide bonds. The van der Waals surface area contributed by atoms with Crippen LogP contribution in [0.5, 0.6) is 5.75 Å². The van der Waals surface area contributed by atoms with Crippen LogP contribution in [0, 0.1) is 0 Å². The Hall–Kier alpha value is -3.71. The van der Waals surface area contributed by atoms with Crippen LogP contribution in [0.15, 0.2) is 73.1 Å². The SMILES string of the molecule is COc1cccc(C(=O)N2CCO[C@](Cc3cccc(-c4cccnc4)c3)(C(N)=O)C2)c1. The third kappa shape index (κ3) is 4.48. The van der Waals surface area contributed by atoms with E-state index in [0.29, 0.717) is 17.9 Å². The zero-order valence-corrected chi connectivity index (χ0v) is 17.9. The van der Waals surface area contributed by atoms with Gasteiger partial charge in [-0.15, -0.1) is 0 Å². The van der Waals surface area contributed by atoms with E-state index in [2.05, 4.69) is 4.98 Å². The van der Waals surface area contributed by atoms with Crippen molar-refractivity contribution in [1.82, 2.24) is 9.88 Å². The highest BCUT2D eigenvalue weighted by Crippen LogP contribution is 2.27. The van der Waals surface area contributed by atoms with Crippen molar-refractivity contribution in [3.05, 3.63) is 84.2 Å². The normalized spacial score (nSPS) is 18.2. The number of ether oxygens (including phenoxy) is 2. The van der Waals surface area contributed by atoms with Gasteiger partial charge in [0, 0.05) is 30.9 Å². The van der Waals surface area contributed by atoms with Gasteiger partial charge in [-0.3, -0.25) is 14.6 Å². The predicted octanol–water partition coefficient (Wildman–Crippen LogP) is 2.70. The van der Waals surface area contributed by atoms with Gasteiger partial charge < -0.3 is 20.1 Å². The minimum Gasteiger partial charge on any atom is -0.497 e.